The maximum Gasteiger partial charge on any atom is 0.0525 e. The van der Waals surface area contributed by atoms with E-state index in [1.54, 1.807) is 0 Å². The SMILES string of the molecule is CCn1cc(CC2=CCC(N)CC2)cn1. The lowest BCUT2D eigenvalue weighted by molar-refractivity contribution is 0.583. The molecule has 0 radical (unpaired) electrons. The number of allylic oxidation sites excluding steroid dienone is 1. The molecule has 0 saturated carbocycles. The quantitative estimate of drug-likeness (QED) is 0.766. The number of hydrogen-bond acceptors (Lipinski definition) is 2. The van der Waals surface area contributed by atoms with Gasteiger partial charge < -0.3 is 5.73 Å². The minimum absolute atomic E-state index is 0.382. The third kappa shape index (κ3) is 2.69. The van der Waals surface area contributed by atoms with Gasteiger partial charge in [0.05, 0.1) is 6.20 Å². The number of nitrogens with two attached hydrogens (primary N) is 1. The minimum atomic E-state index is 0.382. The lowest BCUT2D eigenvalue weighted by Crippen LogP contribution is -2.22. The summed E-state index contributed by atoms with van der Waals surface area (Å²) in [7, 11) is 0. The van der Waals surface area contributed by atoms with E-state index in [1.165, 1.54) is 11.1 Å². The summed E-state index contributed by atoms with van der Waals surface area (Å²) in [5.41, 5.74) is 8.69. The second kappa shape index (κ2) is 4.62. The second-order valence-electron chi connectivity index (χ2n) is 4.28. The molecule has 0 amide bonds. The van der Waals surface area contributed by atoms with Gasteiger partial charge in [-0.1, -0.05) is 11.6 Å². The first kappa shape index (κ1) is 10.4. The molecule has 0 saturated heterocycles. The molecule has 0 spiro atoms. The van der Waals surface area contributed by atoms with Gasteiger partial charge in [0.15, 0.2) is 0 Å². The molecule has 0 fully saturated rings. The average Bonchev–Trinajstić information content (AvgIpc) is 2.69. The molecule has 0 bridgehead atoms. The van der Waals surface area contributed by atoms with Gasteiger partial charge in [0.1, 0.15) is 0 Å². The van der Waals surface area contributed by atoms with Crippen LogP contribution in [0.5, 0.6) is 0 Å². The third-order valence-corrected chi connectivity index (χ3v) is 2.99. The third-order valence-electron chi connectivity index (χ3n) is 2.99. The smallest absolute Gasteiger partial charge is 0.0525 e. The molecule has 1 atom stereocenters. The number of aromatic nitrogens is 2. The Morgan fingerprint density at radius 2 is 2.47 bits per heavy atom. The number of aryl methyl sites for hydroxylation is 1. The van der Waals surface area contributed by atoms with Crippen LogP contribution < -0.4 is 5.73 Å². The van der Waals surface area contributed by atoms with E-state index in [0.717, 1.165) is 32.2 Å². The summed E-state index contributed by atoms with van der Waals surface area (Å²) in [6.45, 7) is 3.06. The highest BCUT2D eigenvalue weighted by Gasteiger charge is 2.11. The van der Waals surface area contributed by atoms with E-state index in [9.17, 15) is 0 Å². The van der Waals surface area contributed by atoms with E-state index in [-0.39, 0.29) is 0 Å². The summed E-state index contributed by atoms with van der Waals surface area (Å²) in [6, 6.07) is 0.382. The Morgan fingerprint density at radius 1 is 1.60 bits per heavy atom. The molecular formula is C12H19N3. The Morgan fingerprint density at radius 3 is 3.07 bits per heavy atom. The molecule has 1 aromatic rings. The van der Waals surface area contributed by atoms with Crippen LogP contribution in [0.25, 0.3) is 0 Å². The Bertz CT molecular complexity index is 352. The van der Waals surface area contributed by atoms with E-state index >= 15 is 0 Å². The van der Waals surface area contributed by atoms with E-state index in [0.29, 0.717) is 6.04 Å². The Kier molecular flexibility index (Phi) is 3.21. The predicted molar refractivity (Wildman–Crippen MR) is 61.5 cm³/mol. The summed E-state index contributed by atoms with van der Waals surface area (Å²) in [4.78, 5) is 0. The molecular weight excluding hydrogens is 186 g/mol. The molecule has 3 nitrogen and oxygen atoms in total. The van der Waals surface area contributed by atoms with E-state index < -0.39 is 0 Å². The van der Waals surface area contributed by atoms with Gasteiger partial charge in [-0.2, -0.15) is 5.10 Å². The summed E-state index contributed by atoms with van der Waals surface area (Å²) >= 11 is 0. The molecule has 1 heterocycles. The molecule has 82 valence electrons. The number of hydrogen-bond donors (Lipinski definition) is 1. The van der Waals surface area contributed by atoms with Gasteiger partial charge in [-0.3, -0.25) is 4.68 Å². The van der Waals surface area contributed by atoms with Crippen molar-refractivity contribution >= 4 is 0 Å². The molecule has 15 heavy (non-hydrogen) atoms. The summed E-state index contributed by atoms with van der Waals surface area (Å²) < 4.78 is 1.98. The van der Waals surface area contributed by atoms with Crippen molar-refractivity contribution < 1.29 is 0 Å². The van der Waals surface area contributed by atoms with Crippen molar-refractivity contribution in [1.82, 2.24) is 9.78 Å². The van der Waals surface area contributed by atoms with Crippen molar-refractivity contribution in [3.05, 3.63) is 29.6 Å². The molecule has 1 aliphatic carbocycles. The summed E-state index contributed by atoms with van der Waals surface area (Å²) in [5, 5.41) is 4.28. The van der Waals surface area contributed by atoms with Crippen molar-refractivity contribution in [3.63, 3.8) is 0 Å². The highest BCUT2D eigenvalue weighted by Crippen LogP contribution is 2.20. The zero-order valence-corrected chi connectivity index (χ0v) is 9.32. The first-order chi connectivity index (χ1) is 7.28. The van der Waals surface area contributed by atoms with E-state index in [2.05, 4.69) is 24.3 Å². The normalized spacial score (nSPS) is 21.5. The van der Waals surface area contributed by atoms with Crippen LogP contribution in [-0.4, -0.2) is 15.8 Å². The van der Waals surface area contributed by atoms with Crippen LogP contribution in [0.15, 0.2) is 24.0 Å². The fourth-order valence-electron chi connectivity index (χ4n) is 2.00. The average molecular weight is 205 g/mol. The van der Waals surface area contributed by atoms with Gasteiger partial charge in [-0.05, 0) is 38.2 Å². The molecule has 0 aliphatic heterocycles. The van der Waals surface area contributed by atoms with Gasteiger partial charge in [-0.25, -0.2) is 0 Å². The zero-order valence-electron chi connectivity index (χ0n) is 9.32. The standard InChI is InChI=1S/C12H19N3/c1-2-15-9-11(8-14-15)7-10-3-5-12(13)6-4-10/h3,8-9,12H,2,4-7,13H2,1H3. The zero-order chi connectivity index (χ0) is 10.7. The first-order valence-corrected chi connectivity index (χ1v) is 5.72. The van der Waals surface area contributed by atoms with Crippen LogP contribution >= 0.6 is 0 Å². The molecule has 1 aliphatic rings. The molecule has 3 heteroatoms. The first-order valence-electron chi connectivity index (χ1n) is 5.72. The van der Waals surface area contributed by atoms with Crippen LogP contribution in [0, 0.1) is 0 Å². The van der Waals surface area contributed by atoms with Crippen LogP contribution in [0.1, 0.15) is 31.7 Å². The highest BCUT2D eigenvalue weighted by atomic mass is 15.3. The molecule has 2 rings (SSSR count). The lowest BCUT2D eigenvalue weighted by atomic mass is 9.92. The fourth-order valence-corrected chi connectivity index (χ4v) is 2.00. The fraction of sp³-hybridized carbons (Fsp3) is 0.583. The molecule has 1 unspecified atom stereocenters. The van der Waals surface area contributed by atoms with Gasteiger partial charge in [0.25, 0.3) is 0 Å². The van der Waals surface area contributed by atoms with Crippen LogP contribution in [0.3, 0.4) is 0 Å². The monoisotopic (exact) mass is 205 g/mol. The Hall–Kier alpha value is -1.09. The molecule has 2 N–H and O–H groups in total. The van der Waals surface area contributed by atoms with Crippen LogP contribution in [0.4, 0.5) is 0 Å². The topological polar surface area (TPSA) is 43.8 Å². The van der Waals surface area contributed by atoms with Gasteiger partial charge in [0.2, 0.25) is 0 Å². The highest BCUT2D eigenvalue weighted by molar-refractivity contribution is 5.18. The van der Waals surface area contributed by atoms with Crippen molar-refractivity contribution in [2.24, 2.45) is 5.73 Å². The van der Waals surface area contributed by atoms with Crippen molar-refractivity contribution in [2.75, 3.05) is 0 Å². The molecule has 1 aromatic heterocycles. The van der Waals surface area contributed by atoms with Crippen LogP contribution in [-0.2, 0) is 13.0 Å². The predicted octanol–water partition coefficient (Wildman–Crippen LogP) is 1.88. The molecule has 0 aromatic carbocycles. The summed E-state index contributed by atoms with van der Waals surface area (Å²) in [6.07, 6.45) is 10.8. The van der Waals surface area contributed by atoms with Gasteiger partial charge in [0, 0.05) is 18.8 Å². The Balaban J connectivity index is 1.97. The maximum absolute atomic E-state index is 5.85. The van der Waals surface area contributed by atoms with E-state index in [4.69, 9.17) is 5.73 Å². The van der Waals surface area contributed by atoms with E-state index in [1.807, 2.05) is 10.9 Å². The van der Waals surface area contributed by atoms with Crippen molar-refractivity contribution in [3.8, 4) is 0 Å². The number of nitrogens with zero attached hydrogens (tertiary/aromatic N) is 2. The largest absolute Gasteiger partial charge is 0.327 e. The minimum Gasteiger partial charge on any atom is -0.327 e. The van der Waals surface area contributed by atoms with Crippen LogP contribution in [0.2, 0.25) is 0 Å². The summed E-state index contributed by atoms with van der Waals surface area (Å²) in [5.74, 6) is 0. The van der Waals surface area contributed by atoms with Gasteiger partial charge >= 0.3 is 0 Å². The lowest BCUT2D eigenvalue weighted by Gasteiger charge is -2.17. The second-order valence-corrected chi connectivity index (χ2v) is 4.28. The maximum atomic E-state index is 5.85. The number of rotatable bonds is 3. The van der Waals surface area contributed by atoms with Gasteiger partial charge in [-0.15, -0.1) is 0 Å². The van der Waals surface area contributed by atoms with Crippen molar-refractivity contribution in [2.45, 2.75) is 45.2 Å². The Labute approximate surface area is 91.0 Å². The van der Waals surface area contributed by atoms with Crippen molar-refractivity contribution in [1.29, 1.82) is 0 Å².